The van der Waals surface area contributed by atoms with E-state index in [0.717, 1.165) is 11.3 Å². The summed E-state index contributed by atoms with van der Waals surface area (Å²) in [4.78, 5) is 25.9. The highest BCUT2D eigenvalue weighted by atomic mass is 16.5. The van der Waals surface area contributed by atoms with Crippen molar-refractivity contribution in [2.24, 2.45) is 5.73 Å². The van der Waals surface area contributed by atoms with Crippen molar-refractivity contribution in [3.63, 3.8) is 0 Å². The lowest BCUT2D eigenvalue weighted by Gasteiger charge is -2.32. The van der Waals surface area contributed by atoms with Crippen molar-refractivity contribution >= 4 is 11.8 Å². The van der Waals surface area contributed by atoms with Crippen LogP contribution in [0.1, 0.15) is 28.9 Å². The monoisotopic (exact) mass is 372 g/mol. The van der Waals surface area contributed by atoms with Gasteiger partial charge in [0, 0.05) is 31.5 Å². The maximum absolute atomic E-state index is 13.1. The van der Waals surface area contributed by atoms with Gasteiger partial charge in [-0.05, 0) is 25.0 Å². The van der Waals surface area contributed by atoms with Crippen molar-refractivity contribution in [2.75, 3.05) is 26.3 Å². The normalized spacial score (nSPS) is 17.1. The Bertz CT molecular complexity index is 790. The molecule has 27 heavy (non-hydrogen) atoms. The molecule has 0 saturated carbocycles. The lowest BCUT2D eigenvalue weighted by Crippen LogP contribution is -2.47. The topological polar surface area (TPSA) is 111 Å². The molecule has 1 saturated heterocycles. The minimum Gasteiger partial charge on any atom is -0.396 e. The number of carbonyl (C=O) groups is 2. The zero-order valence-corrected chi connectivity index (χ0v) is 15.1. The summed E-state index contributed by atoms with van der Waals surface area (Å²) in [6, 6.07) is 9.55. The van der Waals surface area contributed by atoms with Gasteiger partial charge in [0.15, 0.2) is 5.69 Å². The van der Waals surface area contributed by atoms with Gasteiger partial charge in [0.2, 0.25) is 5.91 Å². The fourth-order valence-electron chi connectivity index (χ4n) is 3.16. The highest BCUT2D eigenvalue weighted by Crippen LogP contribution is 2.18. The van der Waals surface area contributed by atoms with Crippen LogP contribution in [-0.2, 0) is 16.0 Å². The fourth-order valence-corrected chi connectivity index (χ4v) is 3.16. The minimum atomic E-state index is -0.453. The van der Waals surface area contributed by atoms with E-state index in [9.17, 15) is 9.59 Å². The van der Waals surface area contributed by atoms with E-state index < -0.39 is 12.0 Å². The summed E-state index contributed by atoms with van der Waals surface area (Å²) in [7, 11) is 0. The molecule has 1 aromatic carbocycles. The second-order valence-corrected chi connectivity index (χ2v) is 6.52. The van der Waals surface area contributed by atoms with Crippen LogP contribution in [0.15, 0.2) is 36.5 Å². The van der Waals surface area contributed by atoms with E-state index in [0.29, 0.717) is 38.2 Å². The maximum atomic E-state index is 13.1. The Morgan fingerprint density at radius 2 is 2.07 bits per heavy atom. The molecular weight excluding hydrogens is 348 g/mol. The van der Waals surface area contributed by atoms with E-state index >= 15 is 0 Å². The molecule has 3 N–H and O–H groups in total. The first-order chi connectivity index (χ1) is 13.1. The fraction of sp³-hybridized carbons (Fsp3) is 0.421. The number of nitrogens with two attached hydrogens (primary N) is 1. The van der Waals surface area contributed by atoms with Crippen LogP contribution >= 0.6 is 0 Å². The summed E-state index contributed by atoms with van der Waals surface area (Å²) in [6.45, 7) is 1.14. The van der Waals surface area contributed by atoms with Gasteiger partial charge in [-0.2, -0.15) is 5.10 Å². The van der Waals surface area contributed by atoms with Crippen molar-refractivity contribution in [1.29, 1.82) is 0 Å². The van der Waals surface area contributed by atoms with Gasteiger partial charge in [-0.25, -0.2) is 4.68 Å². The molecule has 1 atom stereocenters. The molecule has 8 nitrogen and oxygen atoms in total. The van der Waals surface area contributed by atoms with E-state index in [1.54, 1.807) is 9.58 Å². The lowest BCUT2D eigenvalue weighted by molar-refractivity contribution is -0.122. The van der Waals surface area contributed by atoms with Crippen LogP contribution in [-0.4, -0.2) is 64.0 Å². The second kappa shape index (κ2) is 8.79. The minimum absolute atomic E-state index is 0.0440. The standard InChI is InChI=1S/C19H24N4O4/c20-17(25)11-16-13-22(8-10-27-16)19(26)18-14(5-4-9-24)12-23(21-18)15-6-2-1-3-7-15/h1-3,6-7,12,16,24H,4-5,8-11,13H2,(H2,20,25). The van der Waals surface area contributed by atoms with Crippen LogP contribution < -0.4 is 5.73 Å². The van der Waals surface area contributed by atoms with Crippen molar-refractivity contribution < 1.29 is 19.4 Å². The maximum Gasteiger partial charge on any atom is 0.274 e. The van der Waals surface area contributed by atoms with E-state index in [1.165, 1.54) is 0 Å². The van der Waals surface area contributed by atoms with E-state index in [1.807, 2.05) is 36.5 Å². The van der Waals surface area contributed by atoms with Crippen LogP contribution in [0.4, 0.5) is 0 Å². The van der Waals surface area contributed by atoms with Gasteiger partial charge in [0.05, 0.1) is 24.8 Å². The third-order valence-corrected chi connectivity index (χ3v) is 4.47. The van der Waals surface area contributed by atoms with Crippen molar-refractivity contribution in [3.8, 4) is 5.69 Å². The van der Waals surface area contributed by atoms with Gasteiger partial charge in [0.1, 0.15) is 0 Å². The Morgan fingerprint density at radius 3 is 2.78 bits per heavy atom. The average molecular weight is 372 g/mol. The van der Waals surface area contributed by atoms with Crippen LogP contribution in [0.25, 0.3) is 5.69 Å². The Hall–Kier alpha value is -2.71. The lowest BCUT2D eigenvalue weighted by atomic mass is 10.1. The number of aliphatic hydroxyl groups is 1. The molecule has 144 valence electrons. The summed E-state index contributed by atoms with van der Waals surface area (Å²) in [5.74, 6) is -0.651. The number of nitrogens with zero attached hydrogens (tertiary/aromatic N) is 3. The highest BCUT2D eigenvalue weighted by Gasteiger charge is 2.29. The molecule has 2 heterocycles. The summed E-state index contributed by atoms with van der Waals surface area (Å²) < 4.78 is 7.20. The number of morpholine rings is 1. The zero-order chi connectivity index (χ0) is 19.2. The van der Waals surface area contributed by atoms with E-state index in [4.69, 9.17) is 15.6 Å². The Kier molecular flexibility index (Phi) is 6.20. The number of carbonyl (C=O) groups excluding carboxylic acids is 2. The molecule has 1 aliphatic heterocycles. The van der Waals surface area contributed by atoms with Gasteiger partial charge in [0.25, 0.3) is 5.91 Å². The highest BCUT2D eigenvalue weighted by molar-refractivity contribution is 5.94. The number of primary amides is 1. The quantitative estimate of drug-likeness (QED) is 0.736. The van der Waals surface area contributed by atoms with Crippen LogP contribution in [0.3, 0.4) is 0 Å². The van der Waals surface area contributed by atoms with Gasteiger partial charge in [-0.15, -0.1) is 0 Å². The average Bonchev–Trinajstić information content (AvgIpc) is 3.10. The number of aromatic nitrogens is 2. The van der Waals surface area contributed by atoms with Gasteiger partial charge in [-0.3, -0.25) is 9.59 Å². The predicted molar refractivity (Wildman–Crippen MR) is 98.4 cm³/mol. The molecule has 1 unspecified atom stereocenters. The number of amides is 2. The first-order valence-electron chi connectivity index (χ1n) is 9.02. The number of rotatable bonds is 7. The number of benzene rings is 1. The molecule has 8 heteroatoms. The Labute approximate surface area is 157 Å². The number of para-hydroxylation sites is 1. The van der Waals surface area contributed by atoms with Crippen molar-refractivity contribution in [3.05, 3.63) is 47.8 Å². The van der Waals surface area contributed by atoms with Crippen molar-refractivity contribution in [1.82, 2.24) is 14.7 Å². The number of aryl methyl sites for hydroxylation is 1. The van der Waals surface area contributed by atoms with Crippen molar-refractivity contribution in [2.45, 2.75) is 25.4 Å². The Balaban J connectivity index is 1.83. The van der Waals surface area contributed by atoms with Crippen LogP contribution in [0.2, 0.25) is 0 Å². The summed E-state index contributed by atoms with van der Waals surface area (Å²) >= 11 is 0. The molecule has 0 aliphatic carbocycles. The molecule has 1 fully saturated rings. The van der Waals surface area contributed by atoms with Gasteiger partial charge < -0.3 is 20.5 Å². The number of aliphatic hydroxyl groups excluding tert-OH is 1. The number of ether oxygens (including phenoxy) is 1. The SMILES string of the molecule is NC(=O)CC1CN(C(=O)c2nn(-c3ccccc3)cc2CCCO)CCO1. The molecule has 1 aliphatic rings. The summed E-state index contributed by atoms with van der Waals surface area (Å²) in [5.41, 5.74) is 7.25. The number of hydrogen-bond donors (Lipinski definition) is 2. The molecule has 2 amide bonds. The van der Waals surface area contributed by atoms with Crippen LogP contribution in [0, 0.1) is 0 Å². The third kappa shape index (κ3) is 4.72. The summed E-state index contributed by atoms with van der Waals surface area (Å²) in [5, 5.41) is 13.7. The molecule has 1 aromatic heterocycles. The summed E-state index contributed by atoms with van der Waals surface area (Å²) in [6.07, 6.45) is 2.63. The molecular formula is C19H24N4O4. The van der Waals surface area contributed by atoms with Crippen LogP contribution in [0.5, 0.6) is 0 Å². The van der Waals surface area contributed by atoms with Gasteiger partial charge in [-0.1, -0.05) is 18.2 Å². The first-order valence-corrected chi connectivity index (χ1v) is 9.02. The zero-order valence-electron chi connectivity index (χ0n) is 15.1. The molecule has 0 spiro atoms. The Morgan fingerprint density at radius 1 is 1.30 bits per heavy atom. The molecule has 3 rings (SSSR count). The second-order valence-electron chi connectivity index (χ2n) is 6.52. The van der Waals surface area contributed by atoms with E-state index in [2.05, 4.69) is 5.10 Å². The molecule has 2 aromatic rings. The largest absolute Gasteiger partial charge is 0.396 e. The first kappa shape index (κ1) is 19.1. The third-order valence-electron chi connectivity index (χ3n) is 4.47. The molecule has 0 radical (unpaired) electrons. The predicted octanol–water partition coefficient (Wildman–Crippen LogP) is 0.514. The molecule has 0 bridgehead atoms. The van der Waals surface area contributed by atoms with Gasteiger partial charge >= 0.3 is 0 Å². The smallest absolute Gasteiger partial charge is 0.274 e. The number of hydrogen-bond acceptors (Lipinski definition) is 5. The van der Waals surface area contributed by atoms with E-state index in [-0.39, 0.29) is 18.9 Å².